The predicted molar refractivity (Wildman–Crippen MR) is 94.6 cm³/mol. The minimum Gasteiger partial charge on any atom is -0.482 e. The fourth-order valence-corrected chi connectivity index (χ4v) is 4.22. The van der Waals surface area contributed by atoms with E-state index in [0.717, 1.165) is 44.7 Å². The Morgan fingerprint density at radius 1 is 1.20 bits per heavy atom. The number of piperidine rings is 1. The van der Waals surface area contributed by atoms with E-state index in [1.54, 1.807) is 4.90 Å². The highest BCUT2D eigenvalue weighted by molar-refractivity contribution is 5.98. The van der Waals surface area contributed by atoms with Crippen molar-refractivity contribution < 1.29 is 14.3 Å². The lowest BCUT2D eigenvalue weighted by atomic mass is 9.78. The Morgan fingerprint density at radius 2 is 2.00 bits per heavy atom. The number of nitrogens with one attached hydrogen (secondary N) is 1. The summed E-state index contributed by atoms with van der Waals surface area (Å²) in [6.07, 6.45) is 3.77. The number of nitrogens with zero attached hydrogens (tertiary/aromatic N) is 2. The summed E-state index contributed by atoms with van der Waals surface area (Å²) in [7, 11) is 0. The monoisotopic (exact) mass is 343 g/mol. The van der Waals surface area contributed by atoms with Gasteiger partial charge in [0.2, 0.25) is 5.91 Å². The number of hydrogen-bond donors (Lipinski definition) is 1. The van der Waals surface area contributed by atoms with Gasteiger partial charge in [0.1, 0.15) is 5.75 Å². The van der Waals surface area contributed by atoms with Crippen LogP contribution in [0.5, 0.6) is 5.75 Å². The number of carbonyl (C=O) groups is 2. The second-order valence-electron chi connectivity index (χ2n) is 7.36. The lowest BCUT2D eigenvalue weighted by Gasteiger charge is -2.39. The molecule has 3 aliphatic rings. The molecule has 0 aromatic heterocycles. The third kappa shape index (κ3) is 3.23. The molecule has 25 heavy (non-hydrogen) atoms. The van der Waals surface area contributed by atoms with Gasteiger partial charge in [-0.3, -0.25) is 9.59 Å². The van der Waals surface area contributed by atoms with Crippen LogP contribution >= 0.6 is 0 Å². The summed E-state index contributed by atoms with van der Waals surface area (Å²) >= 11 is 0. The molecule has 4 rings (SSSR count). The fraction of sp³-hybridized carbons (Fsp3) is 0.579. The van der Waals surface area contributed by atoms with Crippen LogP contribution in [0.25, 0.3) is 0 Å². The fourth-order valence-electron chi connectivity index (χ4n) is 4.22. The molecule has 0 bridgehead atoms. The number of rotatable bonds is 3. The minimum atomic E-state index is -0.0823. The summed E-state index contributed by atoms with van der Waals surface area (Å²) < 4.78 is 5.45. The number of benzene rings is 1. The Kier molecular flexibility index (Phi) is 4.37. The second-order valence-corrected chi connectivity index (χ2v) is 7.36. The molecule has 0 saturated carbocycles. The highest BCUT2D eigenvalue weighted by atomic mass is 16.5. The van der Waals surface area contributed by atoms with Crippen molar-refractivity contribution in [3.8, 4) is 5.75 Å². The van der Waals surface area contributed by atoms with E-state index in [2.05, 4.69) is 5.32 Å². The number of anilines is 1. The molecule has 1 aromatic rings. The molecule has 0 radical (unpaired) electrons. The molecule has 134 valence electrons. The van der Waals surface area contributed by atoms with Crippen molar-refractivity contribution in [2.45, 2.75) is 25.7 Å². The van der Waals surface area contributed by atoms with Crippen LogP contribution in [0.2, 0.25) is 0 Å². The average molecular weight is 343 g/mol. The predicted octanol–water partition coefficient (Wildman–Crippen LogP) is 1.40. The van der Waals surface area contributed by atoms with Crippen molar-refractivity contribution >= 4 is 17.5 Å². The van der Waals surface area contributed by atoms with E-state index in [9.17, 15) is 9.59 Å². The maximum absolute atomic E-state index is 12.6. The molecule has 2 amide bonds. The smallest absolute Gasteiger partial charge is 0.265 e. The summed E-state index contributed by atoms with van der Waals surface area (Å²) in [4.78, 5) is 28.4. The third-order valence-electron chi connectivity index (χ3n) is 5.87. The van der Waals surface area contributed by atoms with E-state index in [1.165, 1.54) is 6.42 Å². The van der Waals surface area contributed by atoms with Gasteiger partial charge in [-0.1, -0.05) is 12.1 Å². The summed E-state index contributed by atoms with van der Waals surface area (Å²) in [6.45, 7) is 4.34. The molecule has 3 heterocycles. The van der Waals surface area contributed by atoms with Crippen LogP contribution in [0, 0.1) is 5.41 Å². The molecule has 6 nitrogen and oxygen atoms in total. The van der Waals surface area contributed by atoms with Gasteiger partial charge in [0.25, 0.3) is 5.91 Å². The van der Waals surface area contributed by atoms with E-state index in [0.29, 0.717) is 24.1 Å². The van der Waals surface area contributed by atoms with Crippen molar-refractivity contribution in [1.82, 2.24) is 10.2 Å². The van der Waals surface area contributed by atoms with Crippen LogP contribution in [0.4, 0.5) is 5.69 Å². The van der Waals surface area contributed by atoms with Gasteiger partial charge in [0, 0.05) is 32.6 Å². The molecule has 2 saturated heterocycles. The number of hydrogen-bond acceptors (Lipinski definition) is 4. The van der Waals surface area contributed by atoms with E-state index >= 15 is 0 Å². The number of likely N-dealkylation sites (tertiary alicyclic amines) is 1. The molecule has 0 aliphatic carbocycles. The standard InChI is InChI=1S/C19H25N3O3/c23-17(21-11-7-19(8-12-21)6-9-20-14-19)5-10-22-15-3-1-2-4-16(15)25-13-18(22)24/h1-4,20H,5-14H2. The Hall–Kier alpha value is -2.08. The summed E-state index contributed by atoms with van der Waals surface area (Å²) in [5.41, 5.74) is 1.18. The molecule has 3 aliphatic heterocycles. The molecule has 6 heteroatoms. The van der Waals surface area contributed by atoms with Crippen LogP contribution in [-0.2, 0) is 9.59 Å². The van der Waals surface area contributed by atoms with Crippen LogP contribution in [0.3, 0.4) is 0 Å². The lowest BCUT2D eigenvalue weighted by molar-refractivity contribution is -0.133. The van der Waals surface area contributed by atoms with Gasteiger partial charge in [0.15, 0.2) is 6.61 Å². The minimum absolute atomic E-state index is 0.0461. The average Bonchev–Trinajstić information content (AvgIpc) is 3.09. The highest BCUT2D eigenvalue weighted by Gasteiger charge is 2.38. The van der Waals surface area contributed by atoms with Crippen molar-refractivity contribution in [2.24, 2.45) is 5.41 Å². The van der Waals surface area contributed by atoms with Crippen LogP contribution in [0.15, 0.2) is 24.3 Å². The van der Waals surface area contributed by atoms with Gasteiger partial charge >= 0.3 is 0 Å². The zero-order chi connectivity index (χ0) is 17.3. The molecular weight excluding hydrogens is 318 g/mol. The number of para-hydroxylation sites is 2. The van der Waals surface area contributed by atoms with Crippen LogP contribution in [-0.4, -0.2) is 56.0 Å². The first-order valence-corrected chi connectivity index (χ1v) is 9.18. The van der Waals surface area contributed by atoms with Gasteiger partial charge < -0.3 is 19.9 Å². The SMILES string of the molecule is O=C(CCN1C(=O)COc2ccccc21)N1CCC2(CCNC2)CC1. The summed E-state index contributed by atoms with van der Waals surface area (Å²) in [6, 6.07) is 7.50. The Morgan fingerprint density at radius 3 is 2.76 bits per heavy atom. The third-order valence-corrected chi connectivity index (χ3v) is 5.87. The Balaban J connectivity index is 1.34. The van der Waals surface area contributed by atoms with Crippen molar-refractivity contribution in [3.63, 3.8) is 0 Å². The van der Waals surface area contributed by atoms with Gasteiger partial charge in [-0.25, -0.2) is 0 Å². The van der Waals surface area contributed by atoms with E-state index in [1.807, 2.05) is 29.2 Å². The van der Waals surface area contributed by atoms with Crippen molar-refractivity contribution in [3.05, 3.63) is 24.3 Å². The Labute approximate surface area is 148 Å². The van der Waals surface area contributed by atoms with Crippen LogP contribution in [0.1, 0.15) is 25.7 Å². The van der Waals surface area contributed by atoms with E-state index in [4.69, 9.17) is 4.74 Å². The maximum atomic E-state index is 12.6. The number of carbonyl (C=O) groups excluding carboxylic acids is 2. The zero-order valence-corrected chi connectivity index (χ0v) is 14.5. The van der Waals surface area contributed by atoms with E-state index in [-0.39, 0.29) is 18.4 Å². The first-order valence-electron chi connectivity index (χ1n) is 9.18. The molecule has 0 atom stereocenters. The number of fused-ring (bicyclic) bond motifs is 1. The van der Waals surface area contributed by atoms with Gasteiger partial charge in [-0.05, 0) is 43.4 Å². The molecule has 2 fully saturated rings. The molecule has 1 N–H and O–H groups in total. The molecule has 1 spiro atoms. The maximum Gasteiger partial charge on any atom is 0.265 e. The van der Waals surface area contributed by atoms with Gasteiger partial charge in [0.05, 0.1) is 5.69 Å². The first kappa shape index (κ1) is 16.4. The Bertz CT molecular complexity index is 660. The second kappa shape index (κ2) is 6.67. The van der Waals surface area contributed by atoms with Gasteiger partial charge in [-0.2, -0.15) is 0 Å². The van der Waals surface area contributed by atoms with Gasteiger partial charge in [-0.15, -0.1) is 0 Å². The molecular formula is C19H25N3O3. The number of ether oxygens (including phenoxy) is 1. The van der Waals surface area contributed by atoms with Crippen molar-refractivity contribution in [1.29, 1.82) is 0 Å². The normalized spacial score (nSPS) is 22.0. The highest BCUT2D eigenvalue weighted by Crippen LogP contribution is 2.37. The largest absolute Gasteiger partial charge is 0.482 e. The number of amides is 2. The first-order chi connectivity index (χ1) is 12.2. The lowest BCUT2D eigenvalue weighted by Crippen LogP contribution is -2.46. The topological polar surface area (TPSA) is 61.9 Å². The quantitative estimate of drug-likeness (QED) is 0.901. The molecule has 1 aromatic carbocycles. The van der Waals surface area contributed by atoms with E-state index < -0.39 is 0 Å². The van der Waals surface area contributed by atoms with Crippen LogP contribution < -0.4 is 15.0 Å². The molecule has 0 unspecified atom stereocenters. The summed E-state index contributed by atoms with van der Waals surface area (Å²) in [5, 5.41) is 3.45. The van der Waals surface area contributed by atoms with Crippen molar-refractivity contribution in [2.75, 3.05) is 44.2 Å². The summed E-state index contributed by atoms with van der Waals surface area (Å²) in [5.74, 6) is 0.780. The zero-order valence-electron chi connectivity index (χ0n) is 14.5.